The zero-order valence-electron chi connectivity index (χ0n) is 12.7. The van der Waals surface area contributed by atoms with Gasteiger partial charge in [0.15, 0.2) is 5.13 Å². The van der Waals surface area contributed by atoms with Crippen LogP contribution in [0.15, 0.2) is 42.5 Å². The van der Waals surface area contributed by atoms with Crippen molar-refractivity contribution >= 4 is 50.2 Å². The van der Waals surface area contributed by atoms with Crippen LogP contribution < -0.4 is 5.32 Å². The molecular formula is C17H13ClN2O3S. The van der Waals surface area contributed by atoms with Crippen molar-refractivity contribution in [2.24, 2.45) is 0 Å². The van der Waals surface area contributed by atoms with Gasteiger partial charge in [-0.2, -0.15) is 0 Å². The van der Waals surface area contributed by atoms with E-state index in [1.807, 2.05) is 18.2 Å². The fourth-order valence-corrected chi connectivity index (χ4v) is 3.32. The molecule has 0 saturated heterocycles. The summed E-state index contributed by atoms with van der Waals surface area (Å²) >= 11 is 7.36. The number of esters is 1. The van der Waals surface area contributed by atoms with E-state index in [-0.39, 0.29) is 12.3 Å². The summed E-state index contributed by atoms with van der Waals surface area (Å²) in [7, 11) is 1.33. The Morgan fingerprint density at radius 1 is 1.25 bits per heavy atom. The summed E-state index contributed by atoms with van der Waals surface area (Å²) < 4.78 is 5.49. The van der Waals surface area contributed by atoms with Crippen molar-refractivity contribution in [2.75, 3.05) is 12.4 Å². The number of hydrogen-bond donors (Lipinski definition) is 1. The Kier molecular flexibility index (Phi) is 4.78. The van der Waals surface area contributed by atoms with E-state index in [0.29, 0.717) is 21.2 Å². The Hall–Kier alpha value is -2.44. The van der Waals surface area contributed by atoms with Crippen molar-refractivity contribution in [3.05, 3.63) is 58.6 Å². The summed E-state index contributed by atoms with van der Waals surface area (Å²) in [5.41, 5.74) is 1.91. The second-order valence-corrected chi connectivity index (χ2v) is 6.45. The maximum absolute atomic E-state index is 12.2. The van der Waals surface area contributed by atoms with Crippen LogP contribution >= 0.6 is 22.9 Å². The predicted molar refractivity (Wildman–Crippen MR) is 94.7 cm³/mol. The van der Waals surface area contributed by atoms with Gasteiger partial charge in [-0.15, -0.1) is 0 Å². The number of methoxy groups -OCH3 is 1. The SMILES string of the molecule is COC(=O)c1ccc2nc(NC(=O)Cc3ccccc3Cl)sc2c1. The van der Waals surface area contributed by atoms with Crippen LogP contribution in [0.25, 0.3) is 10.2 Å². The average molecular weight is 361 g/mol. The molecule has 1 aromatic heterocycles. The highest BCUT2D eigenvalue weighted by atomic mass is 35.5. The largest absolute Gasteiger partial charge is 0.465 e. The van der Waals surface area contributed by atoms with E-state index in [9.17, 15) is 9.59 Å². The number of rotatable bonds is 4. The van der Waals surface area contributed by atoms with Gasteiger partial charge in [0.2, 0.25) is 5.91 Å². The van der Waals surface area contributed by atoms with Crippen LogP contribution in [0.2, 0.25) is 5.02 Å². The first-order valence-corrected chi connectivity index (χ1v) is 8.28. The van der Waals surface area contributed by atoms with Crippen molar-refractivity contribution in [3.8, 4) is 0 Å². The lowest BCUT2D eigenvalue weighted by Crippen LogP contribution is -2.14. The van der Waals surface area contributed by atoms with E-state index in [1.165, 1.54) is 18.4 Å². The summed E-state index contributed by atoms with van der Waals surface area (Å²) in [6.07, 6.45) is 0.170. The Morgan fingerprint density at radius 2 is 2.04 bits per heavy atom. The quantitative estimate of drug-likeness (QED) is 0.716. The predicted octanol–water partition coefficient (Wildman–Crippen LogP) is 3.92. The highest BCUT2D eigenvalue weighted by Crippen LogP contribution is 2.27. The van der Waals surface area contributed by atoms with Gasteiger partial charge in [0.25, 0.3) is 0 Å². The van der Waals surface area contributed by atoms with Gasteiger partial charge in [-0.05, 0) is 29.8 Å². The lowest BCUT2D eigenvalue weighted by Gasteiger charge is -2.03. The van der Waals surface area contributed by atoms with Crippen LogP contribution in [0.1, 0.15) is 15.9 Å². The molecule has 0 atom stereocenters. The van der Waals surface area contributed by atoms with Crippen LogP contribution in [0.3, 0.4) is 0 Å². The summed E-state index contributed by atoms with van der Waals surface area (Å²) in [5.74, 6) is -0.607. The molecular weight excluding hydrogens is 348 g/mol. The molecule has 1 amide bonds. The molecule has 0 aliphatic heterocycles. The molecule has 0 spiro atoms. The maximum Gasteiger partial charge on any atom is 0.337 e. The molecule has 0 bridgehead atoms. The number of benzene rings is 2. The molecule has 2 aromatic carbocycles. The Bertz CT molecular complexity index is 923. The first kappa shape index (κ1) is 16.4. The van der Waals surface area contributed by atoms with Gasteiger partial charge in [-0.3, -0.25) is 4.79 Å². The highest BCUT2D eigenvalue weighted by Gasteiger charge is 2.12. The van der Waals surface area contributed by atoms with Crippen molar-refractivity contribution < 1.29 is 14.3 Å². The second kappa shape index (κ2) is 6.98. The van der Waals surface area contributed by atoms with Gasteiger partial charge in [0.05, 0.1) is 29.3 Å². The minimum absolute atomic E-state index is 0.170. The molecule has 1 heterocycles. The molecule has 24 heavy (non-hydrogen) atoms. The van der Waals surface area contributed by atoms with E-state index >= 15 is 0 Å². The molecule has 0 aliphatic carbocycles. The minimum atomic E-state index is -0.408. The van der Waals surface area contributed by atoms with Gasteiger partial charge in [0.1, 0.15) is 0 Å². The average Bonchev–Trinajstić information content (AvgIpc) is 2.97. The molecule has 1 N–H and O–H groups in total. The number of anilines is 1. The summed E-state index contributed by atoms with van der Waals surface area (Å²) in [4.78, 5) is 28.1. The number of fused-ring (bicyclic) bond motifs is 1. The second-order valence-electron chi connectivity index (χ2n) is 5.01. The number of carbonyl (C=O) groups is 2. The molecule has 5 nitrogen and oxygen atoms in total. The van der Waals surface area contributed by atoms with Gasteiger partial charge in [-0.25, -0.2) is 9.78 Å². The van der Waals surface area contributed by atoms with E-state index in [1.54, 1.807) is 24.3 Å². The monoisotopic (exact) mass is 360 g/mol. The lowest BCUT2D eigenvalue weighted by molar-refractivity contribution is -0.115. The van der Waals surface area contributed by atoms with E-state index in [2.05, 4.69) is 10.3 Å². The molecule has 3 rings (SSSR count). The van der Waals surface area contributed by atoms with Crippen molar-refractivity contribution in [2.45, 2.75) is 6.42 Å². The van der Waals surface area contributed by atoms with E-state index in [0.717, 1.165) is 10.3 Å². The van der Waals surface area contributed by atoms with E-state index in [4.69, 9.17) is 16.3 Å². The zero-order chi connectivity index (χ0) is 17.1. The molecule has 0 fully saturated rings. The summed E-state index contributed by atoms with van der Waals surface area (Å²) in [5, 5.41) is 3.79. The number of ether oxygens (including phenoxy) is 1. The maximum atomic E-state index is 12.2. The first-order valence-electron chi connectivity index (χ1n) is 7.09. The number of halogens is 1. The van der Waals surface area contributed by atoms with Gasteiger partial charge in [0, 0.05) is 5.02 Å². The zero-order valence-corrected chi connectivity index (χ0v) is 14.3. The molecule has 122 valence electrons. The first-order chi connectivity index (χ1) is 11.6. The van der Waals surface area contributed by atoms with Crippen molar-refractivity contribution in [1.82, 2.24) is 4.98 Å². The number of amides is 1. The van der Waals surface area contributed by atoms with E-state index < -0.39 is 5.97 Å². The Morgan fingerprint density at radius 3 is 2.79 bits per heavy atom. The van der Waals surface area contributed by atoms with Crippen molar-refractivity contribution in [3.63, 3.8) is 0 Å². The minimum Gasteiger partial charge on any atom is -0.465 e. The standard InChI is InChI=1S/C17H13ClN2O3S/c1-23-16(22)11-6-7-13-14(8-11)24-17(19-13)20-15(21)9-10-4-2-3-5-12(10)18/h2-8H,9H2,1H3,(H,19,20,21). The number of carbonyl (C=O) groups excluding carboxylic acids is 2. The lowest BCUT2D eigenvalue weighted by atomic mass is 10.1. The van der Waals surface area contributed by atoms with Crippen LogP contribution in [-0.4, -0.2) is 24.0 Å². The topological polar surface area (TPSA) is 68.3 Å². The summed E-state index contributed by atoms with van der Waals surface area (Å²) in [6.45, 7) is 0. The van der Waals surface area contributed by atoms with Crippen molar-refractivity contribution in [1.29, 1.82) is 0 Å². The summed E-state index contributed by atoms with van der Waals surface area (Å²) in [6, 6.07) is 12.3. The number of nitrogens with one attached hydrogen (secondary N) is 1. The number of thiazole rings is 1. The fourth-order valence-electron chi connectivity index (χ4n) is 2.20. The molecule has 0 unspecified atom stereocenters. The molecule has 0 radical (unpaired) electrons. The molecule has 3 aromatic rings. The third-order valence-corrected chi connectivity index (χ3v) is 4.67. The number of nitrogens with zero attached hydrogens (tertiary/aromatic N) is 1. The fraction of sp³-hybridized carbons (Fsp3) is 0.118. The Balaban J connectivity index is 1.76. The van der Waals surface area contributed by atoms with Gasteiger partial charge in [-0.1, -0.05) is 41.1 Å². The molecule has 7 heteroatoms. The van der Waals surface area contributed by atoms with Crippen LogP contribution in [0.5, 0.6) is 0 Å². The highest BCUT2D eigenvalue weighted by molar-refractivity contribution is 7.22. The van der Waals surface area contributed by atoms with Crippen LogP contribution in [-0.2, 0) is 16.0 Å². The van der Waals surface area contributed by atoms with Gasteiger partial charge < -0.3 is 10.1 Å². The van der Waals surface area contributed by atoms with Crippen LogP contribution in [0.4, 0.5) is 5.13 Å². The molecule has 0 aliphatic rings. The molecule has 0 saturated carbocycles. The normalized spacial score (nSPS) is 10.6. The van der Waals surface area contributed by atoms with Gasteiger partial charge >= 0.3 is 5.97 Å². The number of hydrogen-bond acceptors (Lipinski definition) is 5. The smallest absolute Gasteiger partial charge is 0.337 e. The number of aromatic nitrogens is 1. The Labute approximate surface area is 147 Å². The third-order valence-electron chi connectivity index (χ3n) is 3.36. The third kappa shape index (κ3) is 3.55. The van der Waals surface area contributed by atoms with Crippen LogP contribution in [0, 0.1) is 0 Å².